The molecule has 1 heterocycles. The lowest BCUT2D eigenvalue weighted by Gasteiger charge is -2.09. The minimum Gasteiger partial charge on any atom is -0.308 e. The van der Waals surface area contributed by atoms with E-state index >= 15 is 0 Å². The van der Waals surface area contributed by atoms with E-state index in [-0.39, 0.29) is 18.1 Å². The molecule has 0 spiro atoms. The first-order chi connectivity index (χ1) is 7.58. The number of imidazole rings is 1. The molecule has 0 fully saturated rings. The Hall–Kier alpha value is -0.780. The highest BCUT2D eigenvalue weighted by Gasteiger charge is 2.06. The first-order valence-corrected chi connectivity index (χ1v) is 5.90. The van der Waals surface area contributed by atoms with Gasteiger partial charge in [0.25, 0.3) is 0 Å². The van der Waals surface area contributed by atoms with Gasteiger partial charge in [-0.3, -0.25) is 4.57 Å². The number of aromatic nitrogens is 2. The van der Waals surface area contributed by atoms with E-state index in [0.29, 0.717) is 6.54 Å². The van der Waals surface area contributed by atoms with Gasteiger partial charge < -0.3 is 9.88 Å². The number of benzene rings is 1. The van der Waals surface area contributed by atoms with Crippen LogP contribution in [0.25, 0.3) is 11.0 Å². The molecule has 0 aliphatic carbocycles. The Morgan fingerprint density at radius 1 is 1.41 bits per heavy atom. The number of halogens is 2. The topological polar surface area (TPSA) is 41.0 Å². The van der Waals surface area contributed by atoms with Gasteiger partial charge in [0.1, 0.15) is 0 Å². The Morgan fingerprint density at radius 2 is 2.12 bits per heavy atom. The molecule has 1 aromatic carbocycles. The van der Waals surface area contributed by atoms with Crippen LogP contribution >= 0.6 is 28.3 Å². The van der Waals surface area contributed by atoms with Crippen LogP contribution in [0.1, 0.15) is 0 Å². The molecule has 1 aromatic heterocycles. The summed E-state index contributed by atoms with van der Waals surface area (Å²) in [7, 11) is 3.99. The summed E-state index contributed by atoms with van der Waals surface area (Å²) in [6.45, 7) is 1.55. The fourth-order valence-electron chi connectivity index (χ4n) is 1.66. The molecule has 0 bridgehead atoms. The van der Waals surface area contributed by atoms with E-state index in [1.54, 1.807) is 4.57 Å². The van der Waals surface area contributed by atoms with Crippen molar-refractivity contribution in [2.24, 2.45) is 0 Å². The van der Waals surface area contributed by atoms with Crippen LogP contribution in [0.15, 0.2) is 27.5 Å². The zero-order valence-electron chi connectivity index (χ0n) is 9.74. The fraction of sp³-hybridized carbons (Fsp3) is 0.364. The van der Waals surface area contributed by atoms with Crippen molar-refractivity contribution in [2.45, 2.75) is 6.54 Å². The second-order valence-electron chi connectivity index (χ2n) is 4.05. The summed E-state index contributed by atoms with van der Waals surface area (Å²) in [5.74, 6) is 0. The van der Waals surface area contributed by atoms with E-state index in [4.69, 9.17) is 0 Å². The van der Waals surface area contributed by atoms with Crippen LogP contribution in [0.2, 0.25) is 0 Å². The summed E-state index contributed by atoms with van der Waals surface area (Å²) in [5.41, 5.74) is 1.78. The molecule has 0 saturated heterocycles. The lowest BCUT2D eigenvalue weighted by atomic mass is 10.3. The number of aromatic amines is 1. The Labute approximate surface area is 114 Å². The summed E-state index contributed by atoms with van der Waals surface area (Å²) in [6, 6.07) is 5.82. The predicted octanol–water partition coefficient (Wildman–Crippen LogP) is 2.08. The summed E-state index contributed by atoms with van der Waals surface area (Å²) < 4.78 is 2.74. The average molecular weight is 321 g/mol. The molecular formula is C11H15BrClN3O. The maximum atomic E-state index is 11.7. The van der Waals surface area contributed by atoms with Gasteiger partial charge in [0.05, 0.1) is 11.0 Å². The third kappa shape index (κ3) is 3.12. The number of fused-ring (bicyclic) bond motifs is 1. The molecule has 0 aliphatic rings. The molecule has 0 atom stereocenters. The molecule has 0 amide bonds. The van der Waals surface area contributed by atoms with Crippen molar-refractivity contribution in [3.05, 3.63) is 33.2 Å². The van der Waals surface area contributed by atoms with Gasteiger partial charge in [0, 0.05) is 17.6 Å². The predicted molar refractivity (Wildman–Crippen MR) is 76.1 cm³/mol. The molecule has 94 valence electrons. The van der Waals surface area contributed by atoms with Crippen molar-refractivity contribution in [2.75, 3.05) is 20.6 Å². The maximum absolute atomic E-state index is 11.7. The van der Waals surface area contributed by atoms with E-state index < -0.39 is 0 Å². The summed E-state index contributed by atoms with van der Waals surface area (Å²) in [4.78, 5) is 16.6. The summed E-state index contributed by atoms with van der Waals surface area (Å²) in [6.07, 6.45) is 0. The molecule has 4 nitrogen and oxygen atoms in total. The highest BCUT2D eigenvalue weighted by atomic mass is 79.9. The quantitative estimate of drug-likeness (QED) is 0.940. The lowest BCUT2D eigenvalue weighted by molar-refractivity contribution is 0.384. The molecular weight excluding hydrogens is 305 g/mol. The van der Waals surface area contributed by atoms with Crippen molar-refractivity contribution >= 4 is 39.4 Å². The van der Waals surface area contributed by atoms with Crippen LogP contribution in [-0.2, 0) is 6.54 Å². The monoisotopic (exact) mass is 319 g/mol. The van der Waals surface area contributed by atoms with E-state index in [9.17, 15) is 4.79 Å². The molecule has 6 heteroatoms. The molecule has 0 unspecified atom stereocenters. The van der Waals surface area contributed by atoms with Gasteiger partial charge in [-0.1, -0.05) is 15.9 Å². The number of H-pyrrole nitrogens is 1. The van der Waals surface area contributed by atoms with E-state index in [1.165, 1.54) is 0 Å². The average Bonchev–Trinajstić information content (AvgIpc) is 2.50. The number of likely N-dealkylation sites (N-methyl/N-ethyl adjacent to an activating group) is 1. The van der Waals surface area contributed by atoms with Crippen LogP contribution < -0.4 is 5.69 Å². The zero-order chi connectivity index (χ0) is 11.7. The normalized spacial score (nSPS) is 10.8. The van der Waals surface area contributed by atoms with Crippen LogP contribution in [0, 0.1) is 0 Å². The molecule has 1 N–H and O–H groups in total. The van der Waals surface area contributed by atoms with Crippen molar-refractivity contribution in [1.29, 1.82) is 0 Å². The van der Waals surface area contributed by atoms with Gasteiger partial charge in [-0.25, -0.2) is 4.79 Å². The minimum atomic E-state index is -0.0463. The molecule has 0 aliphatic heterocycles. The van der Waals surface area contributed by atoms with Crippen molar-refractivity contribution in [1.82, 2.24) is 14.5 Å². The van der Waals surface area contributed by atoms with Crippen molar-refractivity contribution in [3.63, 3.8) is 0 Å². The summed E-state index contributed by atoms with van der Waals surface area (Å²) >= 11 is 3.39. The Morgan fingerprint density at radius 3 is 2.76 bits per heavy atom. The van der Waals surface area contributed by atoms with E-state index in [2.05, 4.69) is 25.8 Å². The maximum Gasteiger partial charge on any atom is 0.326 e. The first-order valence-electron chi connectivity index (χ1n) is 5.11. The second kappa shape index (κ2) is 5.71. The number of rotatable bonds is 3. The van der Waals surface area contributed by atoms with Gasteiger partial charge in [-0.15, -0.1) is 12.4 Å². The Bertz CT molecular complexity index is 561. The number of hydrogen-bond donors (Lipinski definition) is 1. The molecule has 17 heavy (non-hydrogen) atoms. The zero-order valence-corrected chi connectivity index (χ0v) is 12.1. The third-order valence-corrected chi connectivity index (χ3v) is 3.00. The molecule has 2 aromatic rings. The summed E-state index contributed by atoms with van der Waals surface area (Å²) in [5, 5.41) is 0. The number of nitrogens with one attached hydrogen (secondary N) is 1. The van der Waals surface area contributed by atoms with Gasteiger partial charge in [-0.05, 0) is 32.3 Å². The van der Waals surface area contributed by atoms with Crippen LogP contribution in [0.4, 0.5) is 0 Å². The Balaban J connectivity index is 0.00000144. The van der Waals surface area contributed by atoms with Gasteiger partial charge in [-0.2, -0.15) is 0 Å². The second-order valence-corrected chi connectivity index (χ2v) is 4.96. The van der Waals surface area contributed by atoms with Crippen LogP contribution in [-0.4, -0.2) is 35.1 Å². The Kier molecular flexibility index (Phi) is 4.80. The molecule has 2 rings (SSSR count). The molecule has 0 saturated carbocycles. The van der Waals surface area contributed by atoms with Crippen LogP contribution in [0.3, 0.4) is 0 Å². The largest absolute Gasteiger partial charge is 0.326 e. The smallest absolute Gasteiger partial charge is 0.308 e. The third-order valence-electron chi connectivity index (χ3n) is 2.51. The van der Waals surface area contributed by atoms with Crippen LogP contribution in [0.5, 0.6) is 0 Å². The minimum absolute atomic E-state index is 0. The number of nitrogens with zero attached hydrogens (tertiary/aromatic N) is 2. The van der Waals surface area contributed by atoms with E-state index in [0.717, 1.165) is 22.1 Å². The number of hydrogen-bond acceptors (Lipinski definition) is 2. The lowest BCUT2D eigenvalue weighted by Crippen LogP contribution is -2.24. The van der Waals surface area contributed by atoms with E-state index in [1.807, 2.05) is 32.3 Å². The van der Waals surface area contributed by atoms with Crippen molar-refractivity contribution < 1.29 is 0 Å². The molecule has 0 radical (unpaired) electrons. The standard InChI is InChI=1S/C11H14BrN3O.ClH/c1-14(2)5-6-15-10-4-3-8(12)7-9(10)13-11(15)16;/h3-4,7H,5-6H2,1-2H3,(H,13,16);1H. The SMILES string of the molecule is CN(C)CCn1c(=O)[nH]c2cc(Br)ccc21.Cl. The van der Waals surface area contributed by atoms with Crippen molar-refractivity contribution in [3.8, 4) is 0 Å². The first kappa shape index (κ1) is 14.3. The highest BCUT2D eigenvalue weighted by Crippen LogP contribution is 2.16. The van der Waals surface area contributed by atoms with Gasteiger partial charge >= 0.3 is 5.69 Å². The van der Waals surface area contributed by atoms with Gasteiger partial charge in [0.15, 0.2) is 0 Å². The van der Waals surface area contributed by atoms with Gasteiger partial charge in [0.2, 0.25) is 0 Å². The highest BCUT2D eigenvalue weighted by molar-refractivity contribution is 9.10. The fourth-order valence-corrected chi connectivity index (χ4v) is 2.02.